The number of nitrogens with one attached hydrogen (secondary N) is 1. The van der Waals surface area contributed by atoms with Gasteiger partial charge in [0.2, 0.25) is 0 Å². The van der Waals surface area contributed by atoms with Crippen LogP contribution < -0.4 is 11.1 Å². The molecule has 0 spiro atoms. The molecule has 0 fully saturated rings. The van der Waals surface area contributed by atoms with Gasteiger partial charge in [-0.2, -0.15) is 5.10 Å². The zero-order valence-corrected chi connectivity index (χ0v) is 8.33. The average molecular weight is 182 g/mol. The summed E-state index contributed by atoms with van der Waals surface area (Å²) in [6.07, 6.45) is 2.96. The van der Waals surface area contributed by atoms with E-state index in [1.807, 2.05) is 24.0 Å². The number of hydrogen-bond acceptors (Lipinski definition) is 3. The first-order valence-electron chi connectivity index (χ1n) is 4.64. The van der Waals surface area contributed by atoms with Crippen LogP contribution in [0.2, 0.25) is 0 Å². The molecule has 3 N–H and O–H groups in total. The number of nitrogens with two attached hydrogens (primary N) is 1. The molecule has 0 aliphatic carbocycles. The van der Waals surface area contributed by atoms with Crippen LogP contribution >= 0.6 is 0 Å². The second kappa shape index (κ2) is 4.99. The van der Waals surface area contributed by atoms with Gasteiger partial charge in [0.25, 0.3) is 0 Å². The maximum absolute atomic E-state index is 5.44. The van der Waals surface area contributed by atoms with E-state index in [1.165, 1.54) is 0 Å². The summed E-state index contributed by atoms with van der Waals surface area (Å²) in [6, 6.07) is 2.48. The van der Waals surface area contributed by atoms with E-state index in [2.05, 4.69) is 17.3 Å². The molecule has 0 saturated carbocycles. The molecule has 0 radical (unpaired) electrons. The molecule has 74 valence electrons. The number of nitrogens with zero attached hydrogens (tertiary/aromatic N) is 2. The summed E-state index contributed by atoms with van der Waals surface area (Å²) in [5.41, 5.74) is 6.52. The molecule has 0 aromatic carbocycles. The minimum Gasteiger partial charge on any atom is -0.330 e. The van der Waals surface area contributed by atoms with E-state index in [-0.39, 0.29) is 0 Å². The topological polar surface area (TPSA) is 55.9 Å². The Bertz CT molecular complexity index is 244. The summed E-state index contributed by atoms with van der Waals surface area (Å²) >= 11 is 0. The van der Waals surface area contributed by atoms with Gasteiger partial charge in [0.05, 0.1) is 5.69 Å². The quantitative estimate of drug-likeness (QED) is 0.686. The molecule has 0 saturated heterocycles. The van der Waals surface area contributed by atoms with E-state index >= 15 is 0 Å². The Labute approximate surface area is 79.1 Å². The van der Waals surface area contributed by atoms with Crippen molar-refractivity contribution >= 4 is 0 Å². The van der Waals surface area contributed by atoms with E-state index in [0.717, 1.165) is 25.2 Å². The smallest absolute Gasteiger partial charge is 0.0762 e. The molecule has 1 aromatic heterocycles. The predicted octanol–water partition coefficient (Wildman–Crippen LogP) is 0.247. The van der Waals surface area contributed by atoms with Gasteiger partial charge in [-0.3, -0.25) is 4.68 Å². The van der Waals surface area contributed by atoms with Crippen molar-refractivity contribution in [3.05, 3.63) is 18.0 Å². The molecule has 4 nitrogen and oxygen atoms in total. The summed E-state index contributed by atoms with van der Waals surface area (Å²) < 4.78 is 1.81. The minimum absolute atomic E-state index is 0.465. The Kier molecular flexibility index (Phi) is 3.92. The molecule has 0 bridgehead atoms. The molecule has 1 unspecified atom stereocenters. The van der Waals surface area contributed by atoms with Crippen molar-refractivity contribution in [2.24, 2.45) is 12.8 Å². The lowest BCUT2D eigenvalue weighted by Gasteiger charge is -2.10. The van der Waals surface area contributed by atoms with Crippen LogP contribution in [0.25, 0.3) is 0 Å². The zero-order valence-electron chi connectivity index (χ0n) is 8.33. The van der Waals surface area contributed by atoms with Gasteiger partial charge in [0.15, 0.2) is 0 Å². The maximum Gasteiger partial charge on any atom is 0.0762 e. The van der Waals surface area contributed by atoms with Crippen LogP contribution in [0.15, 0.2) is 12.3 Å². The van der Waals surface area contributed by atoms with Crippen LogP contribution in [0.1, 0.15) is 19.0 Å². The number of aromatic nitrogens is 2. The molecule has 1 rings (SSSR count). The zero-order chi connectivity index (χ0) is 9.68. The van der Waals surface area contributed by atoms with Crippen LogP contribution in [0.5, 0.6) is 0 Å². The predicted molar refractivity (Wildman–Crippen MR) is 53.2 cm³/mol. The highest BCUT2D eigenvalue weighted by atomic mass is 15.3. The Morgan fingerprint density at radius 1 is 1.69 bits per heavy atom. The van der Waals surface area contributed by atoms with Crippen molar-refractivity contribution < 1.29 is 0 Å². The number of hydrogen-bond donors (Lipinski definition) is 2. The van der Waals surface area contributed by atoms with Crippen LogP contribution in [0.3, 0.4) is 0 Å². The standard InChI is InChI=1S/C9H18N4/c1-8(3-5-10)11-7-9-4-6-13(2)12-9/h4,6,8,11H,3,5,7,10H2,1-2H3. The Hall–Kier alpha value is -0.870. The fourth-order valence-corrected chi connectivity index (χ4v) is 1.19. The largest absolute Gasteiger partial charge is 0.330 e. The first-order valence-corrected chi connectivity index (χ1v) is 4.64. The van der Waals surface area contributed by atoms with Crippen LogP contribution in [-0.2, 0) is 13.6 Å². The summed E-state index contributed by atoms with van der Waals surface area (Å²) in [7, 11) is 1.92. The molecule has 4 heteroatoms. The summed E-state index contributed by atoms with van der Waals surface area (Å²) in [4.78, 5) is 0. The highest BCUT2D eigenvalue weighted by Gasteiger charge is 2.01. The van der Waals surface area contributed by atoms with Gasteiger partial charge in [-0.1, -0.05) is 0 Å². The van der Waals surface area contributed by atoms with E-state index in [0.29, 0.717) is 6.04 Å². The van der Waals surface area contributed by atoms with Gasteiger partial charge in [-0.25, -0.2) is 0 Å². The van der Waals surface area contributed by atoms with Gasteiger partial charge >= 0.3 is 0 Å². The second-order valence-electron chi connectivity index (χ2n) is 3.34. The highest BCUT2D eigenvalue weighted by molar-refractivity contribution is 4.98. The third-order valence-electron chi connectivity index (χ3n) is 2.00. The summed E-state index contributed by atoms with van der Waals surface area (Å²) in [5, 5.41) is 7.62. The van der Waals surface area contributed by atoms with Crippen molar-refractivity contribution in [1.29, 1.82) is 0 Å². The molecule has 1 heterocycles. The van der Waals surface area contributed by atoms with Gasteiger partial charge < -0.3 is 11.1 Å². The normalized spacial score (nSPS) is 13.2. The van der Waals surface area contributed by atoms with E-state index in [9.17, 15) is 0 Å². The van der Waals surface area contributed by atoms with Gasteiger partial charge in [0, 0.05) is 25.8 Å². The molecule has 1 aromatic rings. The molecule has 13 heavy (non-hydrogen) atoms. The summed E-state index contributed by atoms with van der Waals surface area (Å²) in [6.45, 7) is 3.69. The fraction of sp³-hybridized carbons (Fsp3) is 0.667. The van der Waals surface area contributed by atoms with Crippen LogP contribution in [0, 0.1) is 0 Å². The van der Waals surface area contributed by atoms with E-state index in [1.54, 1.807) is 0 Å². The minimum atomic E-state index is 0.465. The highest BCUT2D eigenvalue weighted by Crippen LogP contribution is 1.95. The SMILES string of the molecule is CC(CCN)NCc1ccn(C)n1. The first-order chi connectivity index (χ1) is 6.22. The number of rotatable bonds is 5. The van der Waals surface area contributed by atoms with Crippen molar-refractivity contribution in [1.82, 2.24) is 15.1 Å². The lowest BCUT2D eigenvalue weighted by molar-refractivity contribution is 0.512. The lowest BCUT2D eigenvalue weighted by Crippen LogP contribution is -2.28. The molecule has 1 atom stereocenters. The third kappa shape index (κ3) is 3.57. The first kappa shape index (κ1) is 10.2. The monoisotopic (exact) mass is 182 g/mol. The Morgan fingerprint density at radius 3 is 3.00 bits per heavy atom. The fourth-order valence-electron chi connectivity index (χ4n) is 1.19. The Balaban J connectivity index is 2.26. The van der Waals surface area contributed by atoms with E-state index in [4.69, 9.17) is 5.73 Å². The van der Waals surface area contributed by atoms with Gasteiger partial charge in [0.1, 0.15) is 0 Å². The average Bonchev–Trinajstić information content (AvgIpc) is 2.49. The molecular formula is C9H18N4. The van der Waals surface area contributed by atoms with Gasteiger partial charge in [-0.05, 0) is 26.0 Å². The molecule has 0 aliphatic heterocycles. The molecular weight excluding hydrogens is 164 g/mol. The van der Waals surface area contributed by atoms with Crippen molar-refractivity contribution in [3.63, 3.8) is 0 Å². The maximum atomic E-state index is 5.44. The lowest BCUT2D eigenvalue weighted by atomic mass is 10.2. The summed E-state index contributed by atoms with van der Waals surface area (Å²) in [5.74, 6) is 0. The van der Waals surface area contributed by atoms with E-state index < -0.39 is 0 Å². The van der Waals surface area contributed by atoms with Gasteiger partial charge in [-0.15, -0.1) is 0 Å². The Morgan fingerprint density at radius 2 is 2.46 bits per heavy atom. The molecule has 0 aliphatic rings. The second-order valence-corrected chi connectivity index (χ2v) is 3.34. The molecule has 0 amide bonds. The third-order valence-corrected chi connectivity index (χ3v) is 2.00. The van der Waals surface area contributed by atoms with Crippen molar-refractivity contribution in [2.45, 2.75) is 25.9 Å². The van der Waals surface area contributed by atoms with Crippen molar-refractivity contribution in [3.8, 4) is 0 Å². The van der Waals surface area contributed by atoms with Crippen LogP contribution in [-0.4, -0.2) is 22.4 Å². The number of aryl methyl sites for hydroxylation is 1. The van der Waals surface area contributed by atoms with Crippen LogP contribution in [0.4, 0.5) is 0 Å². The van der Waals surface area contributed by atoms with Crippen molar-refractivity contribution in [2.75, 3.05) is 6.54 Å².